The molecule has 278 valence electrons. The molecule has 2 saturated heterocycles. The molecule has 4 fully saturated rings. The van der Waals surface area contributed by atoms with Crippen molar-refractivity contribution in [2.75, 3.05) is 24.5 Å². The molecule has 4 aliphatic rings. The molecule has 2 aliphatic carbocycles. The molecule has 15 nitrogen and oxygen atoms in total. The van der Waals surface area contributed by atoms with Crippen LogP contribution in [0, 0.1) is 18.2 Å². The average Bonchev–Trinajstić information content (AvgIpc) is 3.44. The number of hydrogen-bond donors (Lipinski definition) is 5. The van der Waals surface area contributed by atoms with E-state index in [2.05, 4.69) is 35.3 Å². The summed E-state index contributed by atoms with van der Waals surface area (Å²) in [6, 6.07) is 2.85. The van der Waals surface area contributed by atoms with Crippen LogP contribution in [0.4, 0.5) is 18.9 Å². The molecule has 1 aromatic carbocycles. The second-order valence-electron chi connectivity index (χ2n) is 13.4. The third-order valence-electron chi connectivity index (χ3n) is 9.82. The Morgan fingerprint density at radius 1 is 0.962 bits per heavy atom. The molecule has 4 heterocycles. The topological polar surface area (TPSA) is 208 Å². The summed E-state index contributed by atoms with van der Waals surface area (Å²) >= 11 is 6.25. The lowest BCUT2D eigenvalue weighted by Crippen LogP contribution is -2.55. The fourth-order valence-corrected chi connectivity index (χ4v) is 6.94. The van der Waals surface area contributed by atoms with Gasteiger partial charge in [-0.1, -0.05) is 11.6 Å². The predicted octanol–water partition coefficient (Wildman–Crippen LogP) is 3.07. The molecule has 7 rings (SSSR count). The van der Waals surface area contributed by atoms with Gasteiger partial charge in [0.15, 0.2) is 11.4 Å². The zero-order valence-electron chi connectivity index (χ0n) is 28.0. The van der Waals surface area contributed by atoms with E-state index < -0.39 is 41.7 Å². The number of carbonyl (C=O) groups is 5. The molecule has 5 amide bonds. The Morgan fingerprint density at radius 2 is 1.58 bits per heavy atom. The molecule has 3 aromatic rings. The van der Waals surface area contributed by atoms with Crippen molar-refractivity contribution in [3.05, 3.63) is 64.0 Å². The van der Waals surface area contributed by atoms with E-state index in [0.29, 0.717) is 49.9 Å². The number of H-pyrrole nitrogens is 2. The normalized spacial score (nSPS) is 21.5. The van der Waals surface area contributed by atoms with Crippen molar-refractivity contribution in [1.82, 2.24) is 35.5 Å². The van der Waals surface area contributed by atoms with Crippen LogP contribution in [0.15, 0.2) is 24.8 Å². The number of carbonyl (C=O) groups excluding carboxylic acids is 5. The van der Waals surface area contributed by atoms with E-state index in [0.717, 1.165) is 12.8 Å². The predicted molar refractivity (Wildman–Crippen MR) is 178 cm³/mol. The number of benzene rings is 1. The number of halogens is 4. The maximum absolute atomic E-state index is 13.8. The van der Waals surface area contributed by atoms with Gasteiger partial charge in [0.1, 0.15) is 17.2 Å². The number of aryl methyl sites for hydroxylation is 1. The number of nitrogens with one attached hydrogen (secondary N) is 4. The van der Waals surface area contributed by atoms with Gasteiger partial charge < -0.3 is 40.9 Å². The third-order valence-corrected chi connectivity index (χ3v) is 10.1. The van der Waals surface area contributed by atoms with Crippen molar-refractivity contribution in [3.63, 3.8) is 0 Å². The Bertz CT molecular complexity index is 1870. The number of ether oxygens (including phenoxy) is 1. The van der Waals surface area contributed by atoms with Crippen molar-refractivity contribution in [1.29, 1.82) is 0 Å². The number of imidazole rings is 2. The number of amides is 5. The first-order chi connectivity index (χ1) is 24.8. The summed E-state index contributed by atoms with van der Waals surface area (Å²) in [5, 5.41) is 5.84. The smallest absolute Gasteiger partial charge is 0.345 e. The van der Waals surface area contributed by atoms with Crippen LogP contribution in [0.5, 0.6) is 0 Å². The number of likely N-dealkylation sites (tertiary alicyclic amines) is 1. The maximum Gasteiger partial charge on any atom is 0.345 e. The van der Waals surface area contributed by atoms with E-state index in [9.17, 15) is 37.1 Å². The molecule has 0 bridgehead atoms. The maximum atomic E-state index is 13.8. The SMILES string of the molecule is Cc1cc(N2CC[C@]3(CC[C@@H](NC(=O)c4[nH]cnc4C(=O)N4CC(OC(F)F)C4)CC3)C2=O)c(Cl)cc1F.NC(=O)c1[nH]cnc1C(=O)NC1CC1. The first-order valence-corrected chi connectivity index (χ1v) is 17.1. The molecule has 52 heavy (non-hydrogen) atoms. The summed E-state index contributed by atoms with van der Waals surface area (Å²) in [6.45, 7) is -0.809. The van der Waals surface area contributed by atoms with Crippen molar-refractivity contribution in [3.8, 4) is 0 Å². The van der Waals surface area contributed by atoms with Crippen LogP contribution in [0.25, 0.3) is 0 Å². The van der Waals surface area contributed by atoms with Crippen LogP contribution in [-0.4, -0.2) is 98.8 Å². The van der Waals surface area contributed by atoms with Gasteiger partial charge in [-0.2, -0.15) is 8.78 Å². The van der Waals surface area contributed by atoms with Gasteiger partial charge in [0, 0.05) is 31.7 Å². The average molecular weight is 748 g/mol. The first kappa shape index (κ1) is 36.8. The lowest BCUT2D eigenvalue weighted by molar-refractivity contribution is -0.189. The zero-order valence-corrected chi connectivity index (χ0v) is 28.8. The quantitative estimate of drug-likeness (QED) is 0.219. The van der Waals surface area contributed by atoms with Gasteiger partial charge in [-0.25, -0.2) is 14.4 Å². The minimum atomic E-state index is -2.91. The molecule has 0 atom stereocenters. The summed E-state index contributed by atoms with van der Waals surface area (Å²) < 4.78 is 42.9. The number of primary amides is 1. The van der Waals surface area contributed by atoms with Gasteiger partial charge in [-0.3, -0.25) is 24.0 Å². The second kappa shape index (κ2) is 14.9. The van der Waals surface area contributed by atoms with Gasteiger partial charge in [-0.05, 0) is 69.6 Å². The highest BCUT2D eigenvalue weighted by Gasteiger charge is 2.49. The van der Waals surface area contributed by atoms with Crippen LogP contribution < -0.4 is 21.3 Å². The molecule has 0 radical (unpaired) electrons. The van der Waals surface area contributed by atoms with E-state index in [1.807, 2.05) is 0 Å². The summed E-state index contributed by atoms with van der Waals surface area (Å²) in [7, 11) is 0. The van der Waals surface area contributed by atoms with E-state index in [1.165, 1.54) is 23.6 Å². The summed E-state index contributed by atoms with van der Waals surface area (Å²) in [5.41, 5.74) is 5.46. The lowest BCUT2D eigenvalue weighted by Gasteiger charge is -2.38. The second-order valence-corrected chi connectivity index (χ2v) is 13.8. The number of hydrogen-bond acceptors (Lipinski definition) is 8. The molecule has 19 heteroatoms. The molecule has 6 N–H and O–H groups in total. The number of aromatic amines is 2. The number of rotatable bonds is 9. The fraction of sp³-hybridized carbons (Fsp3) is 0.485. The summed E-state index contributed by atoms with van der Waals surface area (Å²) in [6.07, 6.45) is 6.66. The fourth-order valence-electron chi connectivity index (χ4n) is 6.69. The monoisotopic (exact) mass is 747 g/mol. The Morgan fingerprint density at radius 3 is 2.21 bits per heavy atom. The minimum absolute atomic E-state index is 0.00189. The van der Waals surface area contributed by atoms with Crippen molar-refractivity contribution < 1.29 is 41.9 Å². The molecular formula is C33H37ClF3N9O6. The van der Waals surface area contributed by atoms with Crippen LogP contribution in [0.2, 0.25) is 5.02 Å². The number of aromatic nitrogens is 4. The molecule has 2 aromatic heterocycles. The number of anilines is 1. The van der Waals surface area contributed by atoms with Crippen molar-refractivity contribution in [2.24, 2.45) is 11.1 Å². The van der Waals surface area contributed by atoms with Crippen molar-refractivity contribution >= 4 is 46.8 Å². The number of nitrogens with zero attached hydrogens (tertiary/aromatic N) is 4. The van der Waals surface area contributed by atoms with E-state index >= 15 is 0 Å². The standard InChI is InChI=1S/C25H27ClF3N5O4.C8H10N4O2/c1-13-8-18(16(26)9-17(13)27)34-7-6-25(23(34)37)4-2-14(3-5-25)32-21(35)19-20(31-12-30-19)22(36)33-10-15(11-33)38-24(28)29;9-7(13)5-6(11-3-10-5)8(14)12-4-1-2-4/h8-9,12,14-15,24H,2-7,10-11H2,1H3,(H,30,31)(H,32,35);3-4H,1-2H2,(H2,9,13)(H,10,11)(H,12,14)/t14-,25-;. The van der Waals surface area contributed by atoms with Crippen LogP contribution in [-0.2, 0) is 9.53 Å². The number of nitrogens with two attached hydrogens (primary N) is 1. The van der Waals surface area contributed by atoms with Crippen LogP contribution >= 0.6 is 11.6 Å². The Balaban J connectivity index is 0.000000276. The van der Waals surface area contributed by atoms with Crippen LogP contribution in [0.1, 0.15) is 92.5 Å². The van der Waals surface area contributed by atoms with E-state index in [-0.39, 0.29) is 64.8 Å². The molecule has 2 saturated carbocycles. The minimum Gasteiger partial charge on any atom is -0.364 e. The highest BCUT2D eigenvalue weighted by atomic mass is 35.5. The molecule has 0 unspecified atom stereocenters. The van der Waals surface area contributed by atoms with Gasteiger partial charge in [-0.15, -0.1) is 0 Å². The molecule has 2 aliphatic heterocycles. The molecule has 1 spiro atoms. The third kappa shape index (κ3) is 7.77. The highest BCUT2D eigenvalue weighted by Crippen LogP contribution is 2.47. The van der Waals surface area contributed by atoms with Gasteiger partial charge >= 0.3 is 6.61 Å². The van der Waals surface area contributed by atoms with E-state index in [1.54, 1.807) is 17.9 Å². The van der Waals surface area contributed by atoms with Crippen LogP contribution in [0.3, 0.4) is 0 Å². The first-order valence-electron chi connectivity index (χ1n) is 16.7. The summed E-state index contributed by atoms with van der Waals surface area (Å²) in [5.74, 6) is -2.53. The van der Waals surface area contributed by atoms with Gasteiger partial charge in [0.2, 0.25) is 5.91 Å². The number of alkyl halides is 2. The Kier molecular flexibility index (Phi) is 10.6. The largest absolute Gasteiger partial charge is 0.364 e. The van der Waals surface area contributed by atoms with E-state index in [4.69, 9.17) is 17.3 Å². The summed E-state index contributed by atoms with van der Waals surface area (Å²) in [4.78, 5) is 77.3. The van der Waals surface area contributed by atoms with Gasteiger partial charge in [0.05, 0.1) is 34.9 Å². The Hall–Kier alpha value is -4.97. The zero-order chi connectivity index (χ0) is 37.3. The van der Waals surface area contributed by atoms with Crippen molar-refractivity contribution in [2.45, 2.75) is 76.7 Å². The van der Waals surface area contributed by atoms with Gasteiger partial charge in [0.25, 0.3) is 23.6 Å². The lowest BCUT2D eigenvalue weighted by atomic mass is 9.71. The highest BCUT2D eigenvalue weighted by molar-refractivity contribution is 6.34. The Labute approximate surface area is 300 Å². The molecular weight excluding hydrogens is 711 g/mol.